The molecule has 0 amide bonds. The van der Waals surface area contributed by atoms with Crippen LogP contribution in [0.2, 0.25) is 0 Å². The minimum absolute atomic E-state index is 0.00415. The molecule has 0 saturated heterocycles. The van der Waals surface area contributed by atoms with Crippen molar-refractivity contribution in [2.75, 3.05) is 7.11 Å². The fourth-order valence-corrected chi connectivity index (χ4v) is 1.93. The van der Waals surface area contributed by atoms with Crippen molar-refractivity contribution in [2.24, 2.45) is 11.8 Å². The summed E-state index contributed by atoms with van der Waals surface area (Å²) in [6.45, 7) is 0. The van der Waals surface area contributed by atoms with Crippen LogP contribution < -0.4 is 0 Å². The number of carbonyl (C=O) groups excluding carboxylic acids is 1. The lowest BCUT2D eigenvalue weighted by Gasteiger charge is -2.24. The molecule has 0 atom stereocenters. The molecule has 1 N–H and O–H groups in total. The highest BCUT2D eigenvalue weighted by atomic mass is 16.5. The van der Waals surface area contributed by atoms with Crippen molar-refractivity contribution in [1.29, 1.82) is 0 Å². The maximum absolute atomic E-state index is 11.2. The van der Waals surface area contributed by atoms with Crippen LogP contribution in [0.5, 0.6) is 0 Å². The number of aliphatic carboxylic acids is 1. The maximum atomic E-state index is 11.2. The molecule has 0 aliphatic heterocycles. The van der Waals surface area contributed by atoms with Crippen LogP contribution in [0.15, 0.2) is 12.2 Å². The molecule has 1 fully saturated rings. The monoisotopic (exact) mass is 212 g/mol. The van der Waals surface area contributed by atoms with Gasteiger partial charge in [-0.1, -0.05) is 6.08 Å². The second-order valence-corrected chi connectivity index (χ2v) is 3.83. The highest BCUT2D eigenvalue weighted by Gasteiger charge is 2.25. The van der Waals surface area contributed by atoms with E-state index in [-0.39, 0.29) is 11.9 Å². The maximum Gasteiger partial charge on any atom is 0.327 e. The largest absolute Gasteiger partial charge is 0.478 e. The number of carboxylic acid groups (broad SMARTS) is 1. The number of hydrogen-bond donors (Lipinski definition) is 1. The molecule has 0 aromatic rings. The number of ether oxygens (including phenoxy) is 1. The smallest absolute Gasteiger partial charge is 0.327 e. The summed E-state index contributed by atoms with van der Waals surface area (Å²) in [7, 11) is 1.40. The molecule has 4 heteroatoms. The first-order valence-electron chi connectivity index (χ1n) is 5.12. The average molecular weight is 212 g/mol. The third-order valence-electron chi connectivity index (χ3n) is 2.82. The zero-order chi connectivity index (χ0) is 11.3. The normalized spacial score (nSPS) is 26.5. The molecule has 0 spiro atoms. The number of carbonyl (C=O) groups is 2. The van der Waals surface area contributed by atoms with E-state index in [1.165, 1.54) is 13.2 Å². The second-order valence-electron chi connectivity index (χ2n) is 3.83. The SMILES string of the molecule is COC(=O)C1CCC(/C=C/C(=O)O)CC1. The third-order valence-corrected chi connectivity index (χ3v) is 2.82. The minimum Gasteiger partial charge on any atom is -0.478 e. The number of allylic oxidation sites excluding steroid dienone is 1. The van der Waals surface area contributed by atoms with Crippen LogP contribution in [-0.4, -0.2) is 24.2 Å². The quantitative estimate of drug-likeness (QED) is 0.570. The van der Waals surface area contributed by atoms with Gasteiger partial charge in [0.1, 0.15) is 0 Å². The molecule has 4 nitrogen and oxygen atoms in total. The van der Waals surface area contributed by atoms with Crippen molar-refractivity contribution in [3.63, 3.8) is 0 Å². The molecule has 0 aromatic heterocycles. The van der Waals surface area contributed by atoms with Gasteiger partial charge in [-0.2, -0.15) is 0 Å². The summed E-state index contributed by atoms with van der Waals surface area (Å²) < 4.78 is 4.67. The Morgan fingerprint density at radius 2 is 1.87 bits per heavy atom. The Balaban J connectivity index is 2.36. The standard InChI is InChI=1S/C11H16O4/c1-15-11(14)9-5-2-8(3-6-9)4-7-10(12)13/h4,7-9H,2-3,5-6H2,1H3,(H,12,13)/b7-4+. The Hall–Kier alpha value is -1.32. The predicted molar refractivity (Wildman–Crippen MR) is 54.2 cm³/mol. The van der Waals surface area contributed by atoms with E-state index in [1.807, 2.05) is 0 Å². The first-order valence-corrected chi connectivity index (χ1v) is 5.12. The number of hydrogen-bond acceptors (Lipinski definition) is 3. The number of rotatable bonds is 3. The van der Waals surface area contributed by atoms with Gasteiger partial charge in [-0.15, -0.1) is 0 Å². The van der Waals surface area contributed by atoms with Gasteiger partial charge in [-0.05, 0) is 31.6 Å². The highest BCUT2D eigenvalue weighted by molar-refractivity contribution is 5.79. The zero-order valence-electron chi connectivity index (χ0n) is 8.81. The topological polar surface area (TPSA) is 63.6 Å². The van der Waals surface area contributed by atoms with Crippen LogP contribution in [0.1, 0.15) is 25.7 Å². The summed E-state index contributed by atoms with van der Waals surface area (Å²) in [4.78, 5) is 21.5. The van der Waals surface area contributed by atoms with Crippen molar-refractivity contribution in [3.8, 4) is 0 Å². The van der Waals surface area contributed by atoms with Crippen LogP contribution in [-0.2, 0) is 14.3 Å². The molecule has 1 saturated carbocycles. The summed E-state index contributed by atoms with van der Waals surface area (Å²) in [6, 6.07) is 0. The first-order chi connectivity index (χ1) is 7.13. The van der Waals surface area contributed by atoms with Gasteiger partial charge in [0.2, 0.25) is 0 Å². The third kappa shape index (κ3) is 3.73. The van der Waals surface area contributed by atoms with Crippen LogP contribution in [0, 0.1) is 11.8 Å². The Kier molecular flexibility index (Phi) is 4.34. The fourth-order valence-electron chi connectivity index (χ4n) is 1.93. The fraction of sp³-hybridized carbons (Fsp3) is 0.636. The van der Waals surface area contributed by atoms with Crippen LogP contribution in [0.25, 0.3) is 0 Å². The lowest BCUT2D eigenvalue weighted by molar-refractivity contribution is -0.146. The van der Waals surface area contributed by atoms with Gasteiger partial charge in [-0.25, -0.2) is 4.79 Å². The van der Waals surface area contributed by atoms with Gasteiger partial charge in [0.25, 0.3) is 0 Å². The number of esters is 1. The van der Waals surface area contributed by atoms with Crippen molar-refractivity contribution < 1.29 is 19.4 Å². The second kappa shape index (κ2) is 5.53. The van der Waals surface area contributed by atoms with E-state index in [2.05, 4.69) is 4.74 Å². The molecule has 15 heavy (non-hydrogen) atoms. The number of carboxylic acids is 1. The van der Waals surface area contributed by atoms with E-state index < -0.39 is 5.97 Å². The Bertz CT molecular complexity index is 262. The van der Waals surface area contributed by atoms with Gasteiger partial charge in [0.15, 0.2) is 0 Å². The summed E-state index contributed by atoms with van der Waals surface area (Å²) >= 11 is 0. The molecular formula is C11H16O4. The van der Waals surface area contributed by atoms with Gasteiger partial charge in [0.05, 0.1) is 13.0 Å². The van der Waals surface area contributed by atoms with E-state index in [4.69, 9.17) is 5.11 Å². The van der Waals surface area contributed by atoms with Crippen molar-refractivity contribution in [3.05, 3.63) is 12.2 Å². The molecule has 84 valence electrons. The molecule has 1 aliphatic rings. The van der Waals surface area contributed by atoms with Crippen molar-refractivity contribution in [1.82, 2.24) is 0 Å². The molecule has 0 radical (unpaired) electrons. The van der Waals surface area contributed by atoms with Gasteiger partial charge in [0, 0.05) is 6.08 Å². The molecular weight excluding hydrogens is 196 g/mol. The van der Waals surface area contributed by atoms with Crippen LogP contribution in [0.3, 0.4) is 0 Å². The minimum atomic E-state index is -0.912. The van der Waals surface area contributed by atoms with Crippen LogP contribution >= 0.6 is 0 Å². The van der Waals surface area contributed by atoms with Gasteiger partial charge in [-0.3, -0.25) is 4.79 Å². The van der Waals surface area contributed by atoms with Crippen molar-refractivity contribution in [2.45, 2.75) is 25.7 Å². The molecule has 0 heterocycles. The van der Waals surface area contributed by atoms with Crippen molar-refractivity contribution >= 4 is 11.9 Å². The highest BCUT2D eigenvalue weighted by Crippen LogP contribution is 2.30. The molecule has 0 unspecified atom stereocenters. The molecule has 1 aliphatic carbocycles. The lowest BCUT2D eigenvalue weighted by Crippen LogP contribution is -2.22. The number of methoxy groups -OCH3 is 1. The Morgan fingerprint density at radius 3 is 2.33 bits per heavy atom. The molecule has 0 aromatic carbocycles. The summed E-state index contributed by atoms with van der Waals surface area (Å²) in [5.41, 5.74) is 0. The lowest BCUT2D eigenvalue weighted by atomic mass is 9.82. The first kappa shape index (κ1) is 11.8. The van der Waals surface area contributed by atoms with E-state index in [0.717, 1.165) is 25.7 Å². The molecule has 1 rings (SSSR count). The molecule has 0 bridgehead atoms. The summed E-state index contributed by atoms with van der Waals surface area (Å²) in [6.07, 6.45) is 6.22. The van der Waals surface area contributed by atoms with Crippen LogP contribution in [0.4, 0.5) is 0 Å². The Morgan fingerprint density at radius 1 is 1.27 bits per heavy atom. The summed E-state index contributed by atoms with van der Waals surface area (Å²) in [5.74, 6) is -0.757. The summed E-state index contributed by atoms with van der Waals surface area (Å²) in [5, 5.41) is 8.46. The zero-order valence-corrected chi connectivity index (χ0v) is 8.81. The van der Waals surface area contributed by atoms with E-state index in [1.54, 1.807) is 6.08 Å². The van der Waals surface area contributed by atoms with Gasteiger partial charge < -0.3 is 9.84 Å². The van der Waals surface area contributed by atoms with E-state index >= 15 is 0 Å². The predicted octanol–water partition coefficient (Wildman–Crippen LogP) is 1.61. The Labute approximate surface area is 88.9 Å². The van der Waals surface area contributed by atoms with E-state index in [0.29, 0.717) is 5.92 Å². The average Bonchev–Trinajstić information content (AvgIpc) is 2.26. The van der Waals surface area contributed by atoms with Gasteiger partial charge >= 0.3 is 11.9 Å². The van der Waals surface area contributed by atoms with E-state index in [9.17, 15) is 9.59 Å².